The van der Waals surface area contributed by atoms with Gasteiger partial charge in [-0.25, -0.2) is 4.79 Å². The van der Waals surface area contributed by atoms with Crippen LogP contribution in [0, 0.1) is 0 Å². The molecule has 4 rings (SSSR count). The highest BCUT2D eigenvalue weighted by molar-refractivity contribution is 6.08. The quantitative estimate of drug-likeness (QED) is 0.539. The number of fused-ring (bicyclic) bond motifs is 2. The zero-order chi connectivity index (χ0) is 19.5. The highest BCUT2D eigenvalue weighted by atomic mass is 16.5. The van der Waals surface area contributed by atoms with Crippen molar-refractivity contribution in [1.82, 2.24) is 0 Å². The van der Waals surface area contributed by atoms with E-state index in [0.717, 1.165) is 5.56 Å². The Bertz CT molecular complexity index is 1090. The first-order chi connectivity index (χ1) is 13.6. The maximum atomic E-state index is 12.5. The molecule has 0 aliphatic carbocycles. The summed E-state index contributed by atoms with van der Waals surface area (Å²) in [4.78, 5) is 28.4. The summed E-state index contributed by atoms with van der Waals surface area (Å²) in [5.74, 6) is 0.432. The molecule has 0 bridgehead atoms. The smallest absolute Gasteiger partial charge is 0.337 e. The molecule has 0 saturated carbocycles. The van der Waals surface area contributed by atoms with E-state index in [-0.39, 0.29) is 11.9 Å². The van der Waals surface area contributed by atoms with Crippen molar-refractivity contribution in [2.45, 2.75) is 0 Å². The fourth-order valence-electron chi connectivity index (χ4n) is 2.80. The molecular formula is C22H16N2O4. The number of para-hydroxylation sites is 2. The summed E-state index contributed by atoms with van der Waals surface area (Å²) < 4.78 is 10.5. The van der Waals surface area contributed by atoms with Crippen molar-refractivity contribution in [3.63, 3.8) is 0 Å². The van der Waals surface area contributed by atoms with Gasteiger partial charge in [-0.2, -0.15) is 0 Å². The lowest BCUT2D eigenvalue weighted by atomic mass is 10.1. The van der Waals surface area contributed by atoms with Gasteiger partial charge in [0, 0.05) is 6.21 Å². The Hall–Kier alpha value is -3.93. The van der Waals surface area contributed by atoms with Crippen molar-refractivity contribution in [2.24, 2.45) is 4.99 Å². The number of methoxy groups -OCH3 is 1. The average Bonchev–Trinajstić information content (AvgIpc) is 2.87. The Morgan fingerprint density at radius 3 is 2.61 bits per heavy atom. The van der Waals surface area contributed by atoms with Gasteiger partial charge >= 0.3 is 5.97 Å². The first-order valence-electron chi connectivity index (χ1n) is 8.59. The van der Waals surface area contributed by atoms with Gasteiger partial charge in [0.25, 0.3) is 5.91 Å². The summed E-state index contributed by atoms with van der Waals surface area (Å²) in [6.45, 7) is 0. The van der Waals surface area contributed by atoms with E-state index in [0.29, 0.717) is 34.0 Å². The van der Waals surface area contributed by atoms with Crippen LogP contribution in [0.15, 0.2) is 71.7 Å². The Morgan fingerprint density at radius 1 is 1.04 bits per heavy atom. The van der Waals surface area contributed by atoms with Crippen LogP contribution in [0.1, 0.15) is 26.3 Å². The van der Waals surface area contributed by atoms with E-state index >= 15 is 0 Å². The molecule has 3 aromatic rings. The summed E-state index contributed by atoms with van der Waals surface area (Å²) >= 11 is 0. The zero-order valence-corrected chi connectivity index (χ0v) is 15.0. The van der Waals surface area contributed by atoms with Crippen molar-refractivity contribution in [3.05, 3.63) is 83.4 Å². The third-order valence-electron chi connectivity index (χ3n) is 4.26. The van der Waals surface area contributed by atoms with Crippen LogP contribution in [0.4, 0.5) is 11.4 Å². The summed E-state index contributed by atoms with van der Waals surface area (Å²) in [6.07, 6.45) is 1.66. The van der Waals surface area contributed by atoms with E-state index in [1.165, 1.54) is 7.11 Å². The Kier molecular flexibility index (Phi) is 4.60. The number of ether oxygens (including phenoxy) is 2. The van der Waals surface area contributed by atoms with Gasteiger partial charge < -0.3 is 14.8 Å². The van der Waals surface area contributed by atoms with E-state index in [2.05, 4.69) is 15.0 Å². The number of hydrogen-bond acceptors (Lipinski definition) is 5. The molecule has 138 valence electrons. The summed E-state index contributed by atoms with van der Waals surface area (Å²) in [5, 5.41) is 2.84. The molecule has 6 heteroatoms. The standard InChI is InChI=1S/C22H16N2O4/c1-27-22(26)15-8-6-14(7-9-15)13-23-16-10-11-19-17(12-16)21(25)24-18-4-2-3-5-20(18)28-19/h2-13H,1H3,(H,24,25). The van der Waals surface area contributed by atoms with Gasteiger partial charge in [0.15, 0.2) is 5.75 Å². The fourth-order valence-corrected chi connectivity index (χ4v) is 2.80. The molecular weight excluding hydrogens is 356 g/mol. The fraction of sp³-hybridized carbons (Fsp3) is 0.0455. The molecule has 0 radical (unpaired) electrons. The third-order valence-corrected chi connectivity index (χ3v) is 4.26. The number of hydrogen-bond donors (Lipinski definition) is 1. The van der Waals surface area contributed by atoms with Crippen LogP contribution in [-0.2, 0) is 4.74 Å². The minimum Gasteiger partial charge on any atom is -0.465 e. The predicted molar refractivity (Wildman–Crippen MR) is 106 cm³/mol. The van der Waals surface area contributed by atoms with E-state index in [1.807, 2.05) is 12.1 Å². The van der Waals surface area contributed by atoms with Crippen molar-refractivity contribution in [3.8, 4) is 11.5 Å². The first kappa shape index (κ1) is 17.5. The van der Waals surface area contributed by atoms with Gasteiger partial charge in [0.2, 0.25) is 0 Å². The number of aliphatic imine (C=N–C) groups is 1. The van der Waals surface area contributed by atoms with Crippen molar-refractivity contribution in [1.29, 1.82) is 0 Å². The van der Waals surface area contributed by atoms with Crippen LogP contribution in [0.25, 0.3) is 0 Å². The summed E-state index contributed by atoms with van der Waals surface area (Å²) in [7, 11) is 1.34. The van der Waals surface area contributed by atoms with E-state index in [1.54, 1.807) is 60.8 Å². The number of esters is 1. The van der Waals surface area contributed by atoms with Gasteiger partial charge in [-0.3, -0.25) is 9.79 Å². The molecule has 0 fully saturated rings. The van der Waals surface area contributed by atoms with Crippen LogP contribution < -0.4 is 10.1 Å². The number of rotatable bonds is 3. The zero-order valence-electron chi connectivity index (χ0n) is 15.0. The number of carbonyl (C=O) groups excluding carboxylic acids is 2. The monoisotopic (exact) mass is 372 g/mol. The topological polar surface area (TPSA) is 77.0 Å². The normalized spacial score (nSPS) is 12.4. The third kappa shape index (κ3) is 3.48. The van der Waals surface area contributed by atoms with E-state index in [9.17, 15) is 9.59 Å². The second kappa shape index (κ2) is 7.36. The predicted octanol–water partition coefficient (Wildman–Crippen LogP) is 4.58. The molecule has 6 nitrogen and oxygen atoms in total. The van der Waals surface area contributed by atoms with Crippen molar-refractivity contribution >= 4 is 29.5 Å². The molecule has 1 aliphatic rings. The van der Waals surface area contributed by atoms with Gasteiger partial charge in [-0.15, -0.1) is 0 Å². The molecule has 1 amide bonds. The van der Waals surface area contributed by atoms with Gasteiger partial charge in [0.1, 0.15) is 5.75 Å². The van der Waals surface area contributed by atoms with Crippen LogP contribution in [-0.4, -0.2) is 25.2 Å². The number of anilines is 1. The van der Waals surface area contributed by atoms with Crippen LogP contribution in [0.2, 0.25) is 0 Å². The molecule has 0 aromatic heterocycles. The molecule has 1 aliphatic heterocycles. The van der Waals surface area contributed by atoms with Crippen molar-refractivity contribution in [2.75, 3.05) is 12.4 Å². The maximum absolute atomic E-state index is 12.5. The second-order valence-electron chi connectivity index (χ2n) is 6.10. The lowest BCUT2D eigenvalue weighted by Gasteiger charge is -2.07. The van der Waals surface area contributed by atoms with Crippen LogP contribution in [0.5, 0.6) is 11.5 Å². The van der Waals surface area contributed by atoms with Gasteiger partial charge in [-0.1, -0.05) is 24.3 Å². The maximum Gasteiger partial charge on any atom is 0.337 e. The summed E-state index contributed by atoms with van der Waals surface area (Å²) in [5.41, 5.74) is 2.93. The highest BCUT2D eigenvalue weighted by Crippen LogP contribution is 2.36. The largest absolute Gasteiger partial charge is 0.465 e. The van der Waals surface area contributed by atoms with E-state index in [4.69, 9.17) is 4.74 Å². The minimum atomic E-state index is -0.388. The first-order valence-corrected chi connectivity index (χ1v) is 8.59. The number of carbonyl (C=O) groups is 2. The molecule has 1 heterocycles. The second-order valence-corrected chi connectivity index (χ2v) is 6.10. The number of nitrogens with zero attached hydrogens (tertiary/aromatic N) is 1. The lowest BCUT2D eigenvalue weighted by Crippen LogP contribution is -2.10. The summed E-state index contributed by atoms with van der Waals surface area (Å²) in [6, 6.07) is 19.3. The Morgan fingerprint density at radius 2 is 1.82 bits per heavy atom. The number of benzene rings is 3. The molecule has 0 spiro atoms. The molecule has 0 saturated heterocycles. The van der Waals surface area contributed by atoms with Gasteiger partial charge in [0.05, 0.1) is 29.6 Å². The molecule has 28 heavy (non-hydrogen) atoms. The molecule has 3 aromatic carbocycles. The van der Waals surface area contributed by atoms with Crippen molar-refractivity contribution < 1.29 is 19.1 Å². The molecule has 0 atom stereocenters. The highest BCUT2D eigenvalue weighted by Gasteiger charge is 2.20. The van der Waals surface area contributed by atoms with Crippen LogP contribution >= 0.6 is 0 Å². The number of amides is 1. The lowest BCUT2D eigenvalue weighted by molar-refractivity contribution is 0.0600. The molecule has 1 N–H and O–H groups in total. The SMILES string of the molecule is COC(=O)c1ccc(C=Nc2ccc3c(c2)C(=O)Nc2ccccc2O3)cc1. The molecule has 0 unspecified atom stereocenters. The average molecular weight is 372 g/mol. The van der Waals surface area contributed by atoms with Gasteiger partial charge in [-0.05, 0) is 48.0 Å². The Labute approximate surface area is 161 Å². The van der Waals surface area contributed by atoms with E-state index < -0.39 is 0 Å². The Balaban J connectivity index is 1.58. The van der Waals surface area contributed by atoms with Crippen LogP contribution in [0.3, 0.4) is 0 Å². The number of nitrogens with one attached hydrogen (secondary N) is 1. The minimum absolute atomic E-state index is 0.251.